The molecule has 0 radical (unpaired) electrons. The highest BCUT2D eigenvalue weighted by Crippen LogP contribution is 2.17. The second-order valence-corrected chi connectivity index (χ2v) is 5.10. The molecule has 0 aliphatic heterocycles. The van der Waals surface area contributed by atoms with Crippen molar-refractivity contribution in [2.45, 2.75) is 13.8 Å². The van der Waals surface area contributed by atoms with Gasteiger partial charge in [0.25, 0.3) is 5.91 Å². The lowest BCUT2D eigenvalue weighted by molar-refractivity contribution is -0.255. The van der Waals surface area contributed by atoms with Crippen LogP contribution in [0.25, 0.3) is 0 Å². The topological polar surface area (TPSA) is 95.0 Å². The second-order valence-electron chi connectivity index (χ2n) is 3.92. The van der Waals surface area contributed by atoms with Crippen molar-refractivity contribution in [3.63, 3.8) is 0 Å². The van der Waals surface area contributed by atoms with Crippen molar-refractivity contribution >= 4 is 28.3 Å². The fourth-order valence-electron chi connectivity index (χ4n) is 1.54. The van der Waals surface area contributed by atoms with Crippen molar-refractivity contribution in [2.75, 3.05) is 5.32 Å². The third-order valence-corrected chi connectivity index (χ3v) is 3.14. The molecule has 1 N–H and O–H groups in total. The van der Waals surface area contributed by atoms with Crippen molar-refractivity contribution in [3.05, 3.63) is 39.9 Å². The summed E-state index contributed by atoms with van der Waals surface area (Å²) >= 11 is 1.21. The molecule has 1 amide bonds. The summed E-state index contributed by atoms with van der Waals surface area (Å²) in [6.07, 6.45) is 0. The minimum atomic E-state index is -1.39. The molecule has 2 aromatic rings. The van der Waals surface area contributed by atoms with E-state index in [1.165, 1.54) is 23.5 Å². The number of benzene rings is 1. The Balaban J connectivity index is 2.32. The van der Waals surface area contributed by atoms with Gasteiger partial charge in [0.1, 0.15) is 5.01 Å². The van der Waals surface area contributed by atoms with Gasteiger partial charge in [0.05, 0.1) is 5.97 Å². The van der Waals surface area contributed by atoms with Crippen LogP contribution in [0.15, 0.2) is 18.2 Å². The molecule has 1 heterocycles. The Morgan fingerprint density at radius 3 is 2.53 bits per heavy atom. The molecule has 0 saturated heterocycles. The molecule has 0 aliphatic carbocycles. The SMILES string of the molecule is Cc1ccc(C(=O)[O-])c(C(=O)Nc2nnc(C)s2)c1. The number of nitrogens with one attached hydrogen (secondary N) is 1. The summed E-state index contributed by atoms with van der Waals surface area (Å²) in [6.45, 7) is 3.53. The van der Waals surface area contributed by atoms with E-state index in [0.717, 1.165) is 5.56 Å². The molecule has 7 heteroatoms. The Morgan fingerprint density at radius 2 is 1.95 bits per heavy atom. The van der Waals surface area contributed by atoms with Crippen molar-refractivity contribution in [1.82, 2.24) is 10.2 Å². The predicted molar refractivity (Wildman–Crippen MR) is 68.1 cm³/mol. The third kappa shape index (κ3) is 2.94. The van der Waals surface area contributed by atoms with E-state index < -0.39 is 11.9 Å². The minimum Gasteiger partial charge on any atom is -0.545 e. The summed E-state index contributed by atoms with van der Waals surface area (Å²) in [4.78, 5) is 23.0. The highest BCUT2D eigenvalue weighted by atomic mass is 32.1. The Kier molecular flexibility index (Phi) is 3.57. The third-order valence-electron chi connectivity index (χ3n) is 2.39. The second kappa shape index (κ2) is 5.15. The molecule has 6 nitrogen and oxygen atoms in total. The van der Waals surface area contributed by atoms with Crippen LogP contribution in [0.2, 0.25) is 0 Å². The van der Waals surface area contributed by atoms with E-state index in [0.29, 0.717) is 10.1 Å². The van der Waals surface area contributed by atoms with Crippen LogP contribution in [-0.4, -0.2) is 22.1 Å². The first-order chi connectivity index (χ1) is 8.97. The summed E-state index contributed by atoms with van der Waals surface area (Å²) in [5, 5.41) is 22.0. The van der Waals surface area contributed by atoms with Crippen LogP contribution in [-0.2, 0) is 0 Å². The lowest BCUT2D eigenvalue weighted by Gasteiger charge is -2.10. The molecule has 1 aromatic heterocycles. The summed E-state index contributed by atoms with van der Waals surface area (Å²) in [5.74, 6) is -1.93. The molecule has 2 rings (SSSR count). The zero-order valence-corrected chi connectivity index (χ0v) is 11.1. The molecule has 98 valence electrons. The Morgan fingerprint density at radius 1 is 1.21 bits per heavy atom. The van der Waals surface area contributed by atoms with Crippen LogP contribution >= 0.6 is 11.3 Å². The van der Waals surface area contributed by atoms with Gasteiger partial charge >= 0.3 is 0 Å². The highest BCUT2D eigenvalue weighted by Gasteiger charge is 2.14. The Bertz CT molecular complexity index is 651. The maximum absolute atomic E-state index is 12.0. The fourth-order valence-corrected chi connectivity index (χ4v) is 2.12. The van der Waals surface area contributed by atoms with E-state index >= 15 is 0 Å². The largest absolute Gasteiger partial charge is 0.545 e. The number of carbonyl (C=O) groups excluding carboxylic acids is 2. The van der Waals surface area contributed by atoms with E-state index in [9.17, 15) is 14.7 Å². The Labute approximate surface area is 113 Å². The zero-order chi connectivity index (χ0) is 14.0. The van der Waals surface area contributed by atoms with Crippen LogP contribution in [0.5, 0.6) is 0 Å². The van der Waals surface area contributed by atoms with Crippen LogP contribution in [0.4, 0.5) is 5.13 Å². The summed E-state index contributed by atoms with van der Waals surface area (Å²) in [6, 6.07) is 4.45. The summed E-state index contributed by atoms with van der Waals surface area (Å²) in [5.41, 5.74) is 0.681. The molecule has 19 heavy (non-hydrogen) atoms. The first kappa shape index (κ1) is 13.2. The molecule has 0 bridgehead atoms. The molecule has 0 saturated carbocycles. The van der Waals surface area contributed by atoms with Gasteiger partial charge in [-0.3, -0.25) is 10.1 Å². The number of aryl methyl sites for hydroxylation is 2. The van der Waals surface area contributed by atoms with Crippen molar-refractivity contribution in [3.8, 4) is 0 Å². The number of nitrogens with zero attached hydrogens (tertiary/aromatic N) is 2. The smallest absolute Gasteiger partial charge is 0.258 e. The maximum atomic E-state index is 12.0. The number of amides is 1. The maximum Gasteiger partial charge on any atom is 0.258 e. The van der Waals surface area contributed by atoms with Gasteiger partial charge in [0.15, 0.2) is 0 Å². The molecule has 0 atom stereocenters. The highest BCUT2D eigenvalue weighted by molar-refractivity contribution is 7.15. The number of carboxylic acid groups (broad SMARTS) is 1. The minimum absolute atomic E-state index is 0.0489. The molecule has 0 aliphatic rings. The normalized spacial score (nSPS) is 10.2. The average Bonchev–Trinajstić information content (AvgIpc) is 2.74. The molecule has 0 unspecified atom stereocenters. The average molecular weight is 276 g/mol. The molecule has 1 aromatic carbocycles. The Hall–Kier alpha value is -2.28. The number of rotatable bonds is 3. The van der Waals surface area contributed by atoms with Gasteiger partial charge in [0, 0.05) is 11.1 Å². The van der Waals surface area contributed by atoms with Crippen molar-refractivity contribution in [1.29, 1.82) is 0 Å². The first-order valence-electron chi connectivity index (χ1n) is 5.41. The van der Waals surface area contributed by atoms with Gasteiger partial charge in [-0.05, 0) is 19.9 Å². The van der Waals surface area contributed by atoms with Crippen LogP contribution in [0.1, 0.15) is 31.3 Å². The number of anilines is 1. The number of hydrogen-bond acceptors (Lipinski definition) is 6. The number of aromatic nitrogens is 2. The van der Waals surface area contributed by atoms with Gasteiger partial charge < -0.3 is 9.90 Å². The van der Waals surface area contributed by atoms with E-state index in [-0.39, 0.29) is 11.1 Å². The monoisotopic (exact) mass is 276 g/mol. The molecule has 0 fully saturated rings. The van der Waals surface area contributed by atoms with Gasteiger partial charge in [-0.15, -0.1) is 10.2 Å². The summed E-state index contributed by atoms with van der Waals surface area (Å²) in [7, 11) is 0. The van der Waals surface area contributed by atoms with Crippen LogP contribution in [0.3, 0.4) is 0 Å². The lowest BCUT2D eigenvalue weighted by atomic mass is 10.0. The number of carboxylic acids is 1. The molecule has 0 spiro atoms. The lowest BCUT2D eigenvalue weighted by Crippen LogP contribution is -2.26. The van der Waals surface area contributed by atoms with E-state index in [2.05, 4.69) is 15.5 Å². The van der Waals surface area contributed by atoms with Gasteiger partial charge in [-0.2, -0.15) is 0 Å². The summed E-state index contributed by atoms with van der Waals surface area (Å²) < 4.78 is 0. The quantitative estimate of drug-likeness (QED) is 0.893. The van der Waals surface area contributed by atoms with Crippen LogP contribution < -0.4 is 10.4 Å². The van der Waals surface area contributed by atoms with Gasteiger partial charge in [-0.25, -0.2) is 0 Å². The number of carbonyl (C=O) groups is 2. The van der Waals surface area contributed by atoms with Gasteiger partial charge in [0.2, 0.25) is 5.13 Å². The number of hydrogen-bond donors (Lipinski definition) is 1. The van der Waals surface area contributed by atoms with Crippen molar-refractivity contribution in [2.24, 2.45) is 0 Å². The number of aromatic carboxylic acids is 1. The standard InChI is InChI=1S/C12H11N3O3S/c1-6-3-4-8(11(17)18)9(5-6)10(16)13-12-15-14-7(2)19-12/h3-5H,1-2H3,(H,17,18)(H,13,15,16)/p-1. The zero-order valence-electron chi connectivity index (χ0n) is 10.3. The van der Waals surface area contributed by atoms with E-state index in [4.69, 9.17) is 0 Å². The predicted octanol–water partition coefficient (Wildman–Crippen LogP) is 0.771. The van der Waals surface area contributed by atoms with E-state index in [1.54, 1.807) is 19.9 Å². The molecular weight excluding hydrogens is 266 g/mol. The van der Waals surface area contributed by atoms with Crippen LogP contribution in [0, 0.1) is 13.8 Å². The molecular formula is C12H10N3O3S-. The first-order valence-corrected chi connectivity index (χ1v) is 6.22. The van der Waals surface area contributed by atoms with Gasteiger partial charge in [-0.1, -0.05) is 29.0 Å². The van der Waals surface area contributed by atoms with Crippen molar-refractivity contribution < 1.29 is 14.7 Å². The fraction of sp³-hybridized carbons (Fsp3) is 0.167. The van der Waals surface area contributed by atoms with E-state index in [1.807, 2.05) is 0 Å².